The fraction of sp³-hybridized carbons (Fsp3) is 0.357. The van der Waals surface area contributed by atoms with Gasteiger partial charge < -0.3 is 19.7 Å². The Bertz CT molecular complexity index is 574. The zero-order valence-corrected chi connectivity index (χ0v) is 11.1. The van der Waals surface area contributed by atoms with E-state index in [9.17, 15) is 15.0 Å². The van der Waals surface area contributed by atoms with Gasteiger partial charge in [-0.3, -0.25) is 4.79 Å². The molecule has 1 aromatic rings. The summed E-state index contributed by atoms with van der Waals surface area (Å²) >= 11 is 0. The number of fused-ring (bicyclic) bond motifs is 1. The Morgan fingerprint density at radius 1 is 1.37 bits per heavy atom. The maximum absolute atomic E-state index is 11.6. The number of carbonyl (C=O) groups is 1. The van der Waals surface area contributed by atoms with Crippen LogP contribution in [0.25, 0.3) is 0 Å². The lowest BCUT2D eigenvalue weighted by molar-refractivity contribution is 0.101. The topological polar surface area (TPSA) is 76.0 Å². The molecule has 0 amide bonds. The monoisotopic (exact) mass is 264 g/mol. The van der Waals surface area contributed by atoms with Gasteiger partial charge in [0.15, 0.2) is 17.3 Å². The zero-order valence-electron chi connectivity index (χ0n) is 11.1. The van der Waals surface area contributed by atoms with Gasteiger partial charge in [0.1, 0.15) is 17.4 Å². The fourth-order valence-corrected chi connectivity index (χ4v) is 2.22. The number of ether oxygens (including phenoxy) is 2. The van der Waals surface area contributed by atoms with E-state index in [1.807, 2.05) is 0 Å². The summed E-state index contributed by atoms with van der Waals surface area (Å²) in [7, 11) is 1.32. The second-order valence-electron chi connectivity index (χ2n) is 4.63. The summed E-state index contributed by atoms with van der Waals surface area (Å²) < 4.78 is 10.6. The molecule has 0 saturated heterocycles. The molecule has 0 bridgehead atoms. The molecule has 1 unspecified atom stereocenters. The van der Waals surface area contributed by atoms with E-state index >= 15 is 0 Å². The first-order valence-electron chi connectivity index (χ1n) is 5.86. The molecule has 0 radical (unpaired) electrons. The summed E-state index contributed by atoms with van der Waals surface area (Å²) in [5.41, 5.74) is 1.17. The molecule has 1 aliphatic heterocycles. The van der Waals surface area contributed by atoms with E-state index in [4.69, 9.17) is 9.47 Å². The van der Waals surface area contributed by atoms with Crippen molar-refractivity contribution < 1.29 is 24.5 Å². The molecule has 1 heterocycles. The third-order valence-electron chi connectivity index (χ3n) is 3.21. The van der Waals surface area contributed by atoms with Crippen LogP contribution < -0.4 is 9.47 Å². The van der Waals surface area contributed by atoms with Gasteiger partial charge in [-0.2, -0.15) is 0 Å². The van der Waals surface area contributed by atoms with Crippen LogP contribution in [0.5, 0.6) is 23.0 Å². The van der Waals surface area contributed by atoms with Gasteiger partial charge in [0.2, 0.25) is 5.75 Å². The number of phenols is 2. The van der Waals surface area contributed by atoms with Gasteiger partial charge in [0.25, 0.3) is 0 Å². The molecule has 102 valence electrons. The van der Waals surface area contributed by atoms with Crippen molar-refractivity contribution in [3.05, 3.63) is 23.3 Å². The molecule has 2 N–H and O–H groups in total. The summed E-state index contributed by atoms with van der Waals surface area (Å²) in [4.78, 5) is 11.6. The normalized spacial score (nSPS) is 16.7. The number of rotatable bonds is 3. The van der Waals surface area contributed by atoms with Crippen LogP contribution in [0.3, 0.4) is 0 Å². The minimum absolute atomic E-state index is 0.0234. The van der Waals surface area contributed by atoms with Crippen LogP contribution in [-0.2, 0) is 6.42 Å². The number of carbonyl (C=O) groups excluding carboxylic acids is 1. The van der Waals surface area contributed by atoms with E-state index in [0.717, 1.165) is 5.57 Å². The van der Waals surface area contributed by atoms with Gasteiger partial charge in [0, 0.05) is 12.0 Å². The predicted octanol–water partition coefficient (Wildman–Crippen LogP) is 2.19. The van der Waals surface area contributed by atoms with E-state index in [1.165, 1.54) is 14.0 Å². The van der Waals surface area contributed by atoms with E-state index in [-0.39, 0.29) is 40.4 Å². The fourth-order valence-electron chi connectivity index (χ4n) is 2.22. The van der Waals surface area contributed by atoms with E-state index in [1.54, 1.807) is 6.92 Å². The van der Waals surface area contributed by atoms with Crippen LogP contribution >= 0.6 is 0 Å². The highest BCUT2D eigenvalue weighted by atomic mass is 16.5. The maximum atomic E-state index is 11.6. The van der Waals surface area contributed by atoms with Crippen LogP contribution in [0.1, 0.15) is 29.8 Å². The predicted molar refractivity (Wildman–Crippen MR) is 69.3 cm³/mol. The lowest BCUT2D eigenvalue weighted by Gasteiger charge is -2.14. The summed E-state index contributed by atoms with van der Waals surface area (Å²) in [5, 5.41) is 20.3. The van der Waals surface area contributed by atoms with Crippen molar-refractivity contribution in [3.63, 3.8) is 0 Å². The van der Waals surface area contributed by atoms with E-state index in [2.05, 4.69) is 6.58 Å². The number of aromatic hydroxyl groups is 2. The highest BCUT2D eigenvalue weighted by molar-refractivity contribution is 6.01. The van der Waals surface area contributed by atoms with Gasteiger partial charge >= 0.3 is 0 Å². The smallest absolute Gasteiger partial charge is 0.202 e. The molecular weight excluding hydrogens is 248 g/mol. The maximum Gasteiger partial charge on any atom is 0.202 e. The summed E-state index contributed by atoms with van der Waals surface area (Å²) in [6, 6.07) is 0. The Kier molecular flexibility index (Phi) is 3.14. The highest BCUT2D eigenvalue weighted by Crippen LogP contribution is 2.51. The summed E-state index contributed by atoms with van der Waals surface area (Å²) in [5.74, 6) is -0.741. The summed E-state index contributed by atoms with van der Waals surface area (Å²) in [6.07, 6.45) is 0.0487. The first kappa shape index (κ1) is 13.3. The molecule has 1 atom stereocenters. The second-order valence-corrected chi connectivity index (χ2v) is 4.63. The molecule has 1 aromatic carbocycles. The largest absolute Gasteiger partial charge is 0.507 e. The van der Waals surface area contributed by atoms with Crippen molar-refractivity contribution in [2.45, 2.75) is 26.4 Å². The minimum atomic E-state index is -0.383. The van der Waals surface area contributed by atoms with Gasteiger partial charge in [-0.05, 0) is 19.4 Å². The molecule has 19 heavy (non-hydrogen) atoms. The lowest BCUT2D eigenvalue weighted by atomic mass is 9.99. The Labute approximate surface area is 111 Å². The number of hydrogen-bond acceptors (Lipinski definition) is 5. The average molecular weight is 264 g/mol. The van der Waals surface area contributed by atoms with E-state index in [0.29, 0.717) is 12.0 Å². The van der Waals surface area contributed by atoms with Gasteiger partial charge in [-0.1, -0.05) is 6.58 Å². The second kappa shape index (κ2) is 4.50. The zero-order chi connectivity index (χ0) is 14.3. The minimum Gasteiger partial charge on any atom is -0.507 e. The molecule has 0 aliphatic carbocycles. The summed E-state index contributed by atoms with van der Waals surface area (Å²) in [6.45, 7) is 6.89. The highest BCUT2D eigenvalue weighted by Gasteiger charge is 2.35. The van der Waals surface area contributed by atoms with Gasteiger partial charge in [-0.15, -0.1) is 0 Å². The van der Waals surface area contributed by atoms with Crippen molar-refractivity contribution in [1.29, 1.82) is 0 Å². The van der Waals surface area contributed by atoms with Crippen molar-refractivity contribution in [1.82, 2.24) is 0 Å². The Balaban J connectivity index is 2.67. The number of phenolic OH excluding ortho intramolecular Hbond substituents is 2. The Morgan fingerprint density at radius 2 is 2.00 bits per heavy atom. The molecule has 5 heteroatoms. The first-order chi connectivity index (χ1) is 8.88. The molecule has 0 saturated carbocycles. The first-order valence-corrected chi connectivity index (χ1v) is 5.86. The molecule has 0 spiro atoms. The van der Waals surface area contributed by atoms with Crippen LogP contribution in [0.2, 0.25) is 0 Å². The molecule has 0 aromatic heterocycles. The van der Waals surface area contributed by atoms with Gasteiger partial charge in [-0.25, -0.2) is 0 Å². The van der Waals surface area contributed by atoms with Crippen molar-refractivity contribution in [3.8, 4) is 23.0 Å². The quantitative estimate of drug-likeness (QED) is 0.497. The molecule has 2 rings (SSSR count). The SMILES string of the molecule is C=C(C)C1Cc2c(O)c(C(C)=O)c(OC)c(O)c2O1. The molecule has 1 aliphatic rings. The third kappa shape index (κ3) is 1.91. The number of Topliss-reactive ketones (excluding diaryl/α,β-unsaturated/α-hetero) is 1. The lowest BCUT2D eigenvalue weighted by Crippen LogP contribution is -2.13. The Hall–Kier alpha value is -2.17. The third-order valence-corrected chi connectivity index (χ3v) is 3.21. The van der Waals surface area contributed by atoms with E-state index < -0.39 is 0 Å². The van der Waals surface area contributed by atoms with Crippen LogP contribution in [0, 0.1) is 0 Å². The molecular formula is C14H16O5. The van der Waals surface area contributed by atoms with Crippen molar-refractivity contribution >= 4 is 5.78 Å². The van der Waals surface area contributed by atoms with Crippen LogP contribution in [-0.4, -0.2) is 29.2 Å². The number of methoxy groups -OCH3 is 1. The number of ketones is 1. The Morgan fingerprint density at radius 3 is 2.47 bits per heavy atom. The van der Waals surface area contributed by atoms with Crippen LogP contribution in [0.4, 0.5) is 0 Å². The standard InChI is InChI=1S/C14H16O5/c1-6(2)9-5-8-11(16)10(7(3)15)14(18-4)12(17)13(8)19-9/h9,16-17H,1,5H2,2-4H3. The number of hydrogen-bond donors (Lipinski definition) is 2. The van der Waals surface area contributed by atoms with Gasteiger partial charge in [0.05, 0.1) is 7.11 Å². The van der Waals surface area contributed by atoms with Crippen LogP contribution in [0.15, 0.2) is 12.2 Å². The molecule has 5 nitrogen and oxygen atoms in total. The van der Waals surface area contributed by atoms with Crippen molar-refractivity contribution in [2.24, 2.45) is 0 Å². The van der Waals surface area contributed by atoms with Crippen molar-refractivity contribution in [2.75, 3.05) is 7.11 Å². The molecule has 0 fully saturated rings. The average Bonchev–Trinajstić information content (AvgIpc) is 2.78. The number of benzene rings is 1.